The smallest absolute Gasteiger partial charge is 0.158 e. The molecule has 0 spiro atoms. The molecule has 0 aliphatic heterocycles. The van der Waals surface area contributed by atoms with Gasteiger partial charge in [-0.05, 0) is 13.0 Å². The Bertz CT molecular complexity index is 249. The maximum atomic E-state index is 5.42. The summed E-state index contributed by atoms with van der Waals surface area (Å²) in [5.74, 6) is 0.862. The Balaban J connectivity index is 2.02. The minimum Gasteiger partial charge on any atom is -0.372 e. The average molecular weight is 198 g/mol. The third-order valence-corrected chi connectivity index (χ3v) is 1.89. The molecule has 1 aromatic heterocycles. The molecule has 1 N–H and O–H groups in total. The summed E-state index contributed by atoms with van der Waals surface area (Å²) in [7, 11) is 1.91. The highest BCUT2D eigenvalue weighted by molar-refractivity contribution is 4.80. The van der Waals surface area contributed by atoms with Gasteiger partial charge in [0.05, 0.1) is 6.61 Å². The highest BCUT2D eigenvalue weighted by Crippen LogP contribution is 1.93. The van der Waals surface area contributed by atoms with Crippen molar-refractivity contribution < 1.29 is 4.74 Å². The molecule has 0 saturated heterocycles. The Labute approximate surface area is 84.5 Å². The lowest BCUT2D eigenvalue weighted by molar-refractivity contribution is 0.115. The van der Waals surface area contributed by atoms with Crippen LogP contribution in [0, 0.1) is 0 Å². The number of ether oxygens (including phenoxy) is 1. The number of hydrogen-bond acceptors (Lipinski definition) is 4. The standard InChI is InChI=1S/C9H18N4O/c1-3-4-10-5-6-14-7-9-12-11-8-13(9)2/h8,10H,3-7H2,1-2H3. The van der Waals surface area contributed by atoms with Crippen LogP contribution in [0.3, 0.4) is 0 Å². The number of aryl methyl sites for hydroxylation is 1. The van der Waals surface area contributed by atoms with Crippen molar-refractivity contribution in [2.45, 2.75) is 20.0 Å². The Morgan fingerprint density at radius 3 is 3.00 bits per heavy atom. The lowest BCUT2D eigenvalue weighted by Gasteiger charge is -2.04. The monoisotopic (exact) mass is 198 g/mol. The molecular formula is C9H18N4O. The predicted molar refractivity (Wildman–Crippen MR) is 53.8 cm³/mol. The van der Waals surface area contributed by atoms with Crippen LogP contribution in [0.15, 0.2) is 6.33 Å². The van der Waals surface area contributed by atoms with Crippen LogP contribution >= 0.6 is 0 Å². The van der Waals surface area contributed by atoms with E-state index >= 15 is 0 Å². The maximum Gasteiger partial charge on any atom is 0.158 e. The van der Waals surface area contributed by atoms with Gasteiger partial charge in [0.2, 0.25) is 0 Å². The third kappa shape index (κ3) is 3.85. The summed E-state index contributed by atoms with van der Waals surface area (Å²) in [5.41, 5.74) is 0. The molecule has 0 aromatic carbocycles. The molecule has 5 heteroatoms. The highest BCUT2D eigenvalue weighted by atomic mass is 16.5. The zero-order chi connectivity index (χ0) is 10.2. The van der Waals surface area contributed by atoms with E-state index < -0.39 is 0 Å². The highest BCUT2D eigenvalue weighted by Gasteiger charge is 1.98. The van der Waals surface area contributed by atoms with Gasteiger partial charge in [-0.3, -0.25) is 0 Å². The quantitative estimate of drug-likeness (QED) is 0.642. The van der Waals surface area contributed by atoms with Gasteiger partial charge in [0.1, 0.15) is 12.9 Å². The van der Waals surface area contributed by atoms with E-state index in [0.717, 1.165) is 25.3 Å². The van der Waals surface area contributed by atoms with E-state index in [0.29, 0.717) is 13.2 Å². The number of nitrogens with zero attached hydrogens (tertiary/aromatic N) is 3. The molecule has 0 unspecified atom stereocenters. The van der Waals surface area contributed by atoms with Crippen molar-refractivity contribution in [1.29, 1.82) is 0 Å². The average Bonchev–Trinajstić information content (AvgIpc) is 2.58. The summed E-state index contributed by atoms with van der Waals surface area (Å²) in [4.78, 5) is 0. The first-order chi connectivity index (χ1) is 6.84. The molecule has 0 fully saturated rings. The van der Waals surface area contributed by atoms with E-state index in [1.807, 2.05) is 11.6 Å². The van der Waals surface area contributed by atoms with Crippen LogP contribution in [0.25, 0.3) is 0 Å². The largest absolute Gasteiger partial charge is 0.372 e. The van der Waals surface area contributed by atoms with E-state index in [-0.39, 0.29) is 0 Å². The van der Waals surface area contributed by atoms with Crippen molar-refractivity contribution in [3.8, 4) is 0 Å². The normalized spacial score (nSPS) is 10.7. The van der Waals surface area contributed by atoms with Gasteiger partial charge in [0, 0.05) is 13.6 Å². The predicted octanol–water partition coefficient (Wildman–Crippen LogP) is 0.331. The SMILES string of the molecule is CCCNCCOCc1nncn1C. The molecule has 5 nitrogen and oxygen atoms in total. The van der Waals surface area contributed by atoms with E-state index in [1.54, 1.807) is 6.33 Å². The van der Waals surface area contributed by atoms with Gasteiger partial charge in [-0.2, -0.15) is 0 Å². The van der Waals surface area contributed by atoms with Crippen molar-refractivity contribution in [1.82, 2.24) is 20.1 Å². The minimum atomic E-state index is 0.532. The maximum absolute atomic E-state index is 5.42. The van der Waals surface area contributed by atoms with Gasteiger partial charge in [-0.25, -0.2) is 0 Å². The molecule has 80 valence electrons. The molecule has 0 radical (unpaired) electrons. The Morgan fingerprint density at radius 1 is 1.50 bits per heavy atom. The molecule has 1 heterocycles. The number of nitrogens with one attached hydrogen (secondary N) is 1. The molecule has 0 amide bonds. The van der Waals surface area contributed by atoms with Gasteiger partial charge in [0.15, 0.2) is 5.82 Å². The summed E-state index contributed by atoms with van der Waals surface area (Å²) in [6.07, 6.45) is 2.83. The van der Waals surface area contributed by atoms with Crippen LogP contribution in [0.4, 0.5) is 0 Å². The minimum absolute atomic E-state index is 0.532. The third-order valence-electron chi connectivity index (χ3n) is 1.89. The first kappa shape index (κ1) is 11.1. The van der Waals surface area contributed by atoms with E-state index in [2.05, 4.69) is 22.4 Å². The Kier molecular flexibility index (Phi) is 5.17. The van der Waals surface area contributed by atoms with Gasteiger partial charge in [-0.15, -0.1) is 10.2 Å². The van der Waals surface area contributed by atoms with E-state index in [1.165, 1.54) is 0 Å². The summed E-state index contributed by atoms with van der Waals surface area (Å²) in [6.45, 7) is 5.34. The summed E-state index contributed by atoms with van der Waals surface area (Å²) < 4.78 is 7.28. The fourth-order valence-corrected chi connectivity index (χ4v) is 1.05. The molecule has 0 aliphatic rings. The van der Waals surface area contributed by atoms with Crippen molar-refractivity contribution in [3.63, 3.8) is 0 Å². The van der Waals surface area contributed by atoms with Crippen molar-refractivity contribution in [2.75, 3.05) is 19.7 Å². The van der Waals surface area contributed by atoms with Crippen LogP contribution < -0.4 is 5.32 Å². The van der Waals surface area contributed by atoms with Gasteiger partial charge < -0.3 is 14.6 Å². The van der Waals surface area contributed by atoms with Gasteiger partial charge in [0.25, 0.3) is 0 Å². The summed E-state index contributed by atoms with van der Waals surface area (Å²) in [6, 6.07) is 0. The van der Waals surface area contributed by atoms with Crippen LogP contribution in [-0.4, -0.2) is 34.5 Å². The summed E-state index contributed by atoms with van der Waals surface area (Å²) >= 11 is 0. The fourth-order valence-electron chi connectivity index (χ4n) is 1.05. The Hall–Kier alpha value is -0.940. The molecule has 1 aromatic rings. The lowest BCUT2D eigenvalue weighted by atomic mass is 10.5. The molecule has 14 heavy (non-hydrogen) atoms. The fraction of sp³-hybridized carbons (Fsp3) is 0.778. The molecular weight excluding hydrogens is 180 g/mol. The molecule has 0 saturated carbocycles. The zero-order valence-electron chi connectivity index (χ0n) is 8.86. The van der Waals surface area contributed by atoms with E-state index in [9.17, 15) is 0 Å². The number of aromatic nitrogens is 3. The zero-order valence-corrected chi connectivity index (χ0v) is 8.86. The van der Waals surface area contributed by atoms with Gasteiger partial charge in [-0.1, -0.05) is 6.92 Å². The molecule has 0 aliphatic carbocycles. The molecule has 0 atom stereocenters. The second-order valence-corrected chi connectivity index (χ2v) is 3.16. The molecule has 0 bridgehead atoms. The first-order valence-electron chi connectivity index (χ1n) is 4.96. The topological polar surface area (TPSA) is 52.0 Å². The first-order valence-corrected chi connectivity index (χ1v) is 4.96. The van der Waals surface area contributed by atoms with Crippen LogP contribution in [0.2, 0.25) is 0 Å². The van der Waals surface area contributed by atoms with Gasteiger partial charge >= 0.3 is 0 Å². The van der Waals surface area contributed by atoms with Crippen molar-refractivity contribution >= 4 is 0 Å². The summed E-state index contributed by atoms with van der Waals surface area (Å²) in [5, 5.41) is 10.9. The van der Waals surface area contributed by atoms with Crippen molar-refractivity contribution in [2.24, 2.45) is 7.05 Å². The van der Waals surface area contributed by atoms with E-state index in [4.69, 9.17) is 4.74 Å². The number of rotatable bonds is 7. The second kappa shape index (κ2) is 6.50. The van der Waals surface area contributed by atoms with Crippen LogP contribution in [-0.2, 0) is 18.4 Å². The van der Waals surface area contributed by atoms with Crippen molar-refractivity contribution in [3.05, 3.63) is 12.2 Å². The van der Waals surface area contributed by atoms with Crippen LogP contribution in [0.1, 0.15) is 19.2 Å². The van der Waals surface area contributed by atoms with Crippen LogP contribution in [0.5, 0.6) is 0 Å². The Morgan fingerprint density at radius 2 is 2.36 bits per heavy atom. The molecule has 1 rings (SSSR count). The second-order valence-electron chi connectivity index (χ2n) is 3.16. The number of hydrogen-bond donors (Lipinski definition) is 1. The lowest BCUT2D eigenvalue weighted by Crippen LogP contribution is -2.20.